The van der Waals surface area contributed by atoms with Crippen LogP contribution in [0.2, 0.25) is 36.3 Å². The van der Waals surface area contributed by atoms with Crippen molar-refractivity contribution in [2.24, 2.45) is 35.5 Å². The summed E-state index contributed by atoms with van der Waals surface area (Å²) in [5.74, 6) is 1.60. The molecule has 2 fully saturated rings. The fourth-order valence-electron chi connectivity index (χ4n) is 8.32. The van der Waals surface area contributed by atoms with Crippen molar-refractivity contribution in [3.05, 3.63) is 108 Å². The maximum absolute atomic E-state index is 11.6. The second-order valence-corrected chi connectivity index (χ2v) is 30.2. The summed E-state index contributed by atoms with van der Waals surface area (Å²) in [6, 6.07) is 21.5. The number of benzene rings is 2. The van der Waals surface area contributed by atoms with Crippen LogP contribution in [0.25, 0.3) is 0 Å². The first-order valence-corrected chi connectivity index (χ1v) is 27.8. The zero-order valence-electron chi connectivity index (χ0n) is 37.4. The second-order valence-electron chi connectivity index (χ2n) is 20.6. The third-order valence-electron chi connectivity index (χ3n) is 14.1. The van der Waals surface area contributed by atoms with E-state index in [2.05, 4.69) is 179 Å². The predicted octanol–water partition coefficient (Wildman–Crippen LogP) is 12.7. The first-order chi connectivity index (χ1) is 26.2. The third kappa shape index (κ3) is 13.2. The number of aliphatic hydroxyl groups is 2. The largest absolute Gasteiger partial charge is 0.413 e. The van der Waals surface area contributed by atoms with Crippen molar-refractivity contribution in [2.45, 2.75) is 167 Å². The van der Waals surface area contributed by atoms with Crippen molar-refractivity contribution >= 4 is 16.6 Å². The fourth-order valence-corrected chi connectivity index (χ4v) is 11.0. The number of hydrogen-bond acceptors (Lipinski definition) is 4. The minimum atomic E-state index is -2.03. The van der Waals surface area contributed by atoms with Crippen molar-refractivity contribution < 1.29 is 19.1 Å². The van der Waals surface area contributed by atoms with Crippen molar-refractivity contribution in [1.29, 1.82) is 0 Å². The smallest absolute Gasteiger partial charge is 0.192 e. The van der Waals surface area contributed by atoms with Gasteiger partial charge >= 0.3 is 0 Å². The van der Waals surface area contributed by atoms with Crippen molar-refractivity contribution in [2.75, 3.05) is 0 Å². The molecule has 0 radical (unpaired) electrons. The highest BCUT2D eigenvalue weighted by molar-refractivity contribution is 6.74. The van der Waals surface area contributed by atoms with Crippen molar-refractivity contribution in [1.82, 2.24) is 0 Å². The fraction of sp³-hybridized carbons (Fsp3) is 0.640. The summed E-state index contributed by atoms with van der Waals surface area (Å²) in [5, 5.41) is 23.1. The van der Waals surface area contributed by atoms with E-state index >= 15 is 0 Å². The van der Waals surface area contributed by atoms with E-state index in [1.807, 2.05) is 0 Å². The van der Waals surface area contributed by atoms with Crippen LogP contribution in [0.5, 0.6) is 0 Å². The lowest BCUT2D eigenvalue weighted by molar-refractivity contribution is 0.121. The van der Waals surface area contributed by atoms with E-state index < -0.39 is 22.7 Å². The number of allylic oxidation sites excluding steroid dienone is 4. The minimum absolute atomic E-state index is 0.0252. The average Bonchev–Trinajstić information content (AvgIpc) is 3.56. The molecular formula is C50H80O4Si2. The van der Waals surface area contributed by atoms with E-state index in [0.717, 1.165) is 44.9 Å². The Morgan fingerprint density at radius 3 is 1.70 bits per heavy atom. The molecule has 2 aliphatic rings. The van der Waals surface area contributed by atoms with Gasteiger partial charge in [0.05, 0.1) is 24.4 Å². The molecule has 312 valence electrons. The first-order valence-electron chi connectivity index (χ1n) is 22.0. The number of aryl methyl sites for hydroxylation is 2. The van der Waals surface area contributed by atoms with E-state index in [4.69, 9.17) is 8.85 Å². The second kappa shape index (κ2) is 20.3. The molecule has 0 saturated heterocycles. The van der Waals surface area contributed by atoms with Gasteiger partial charge in [-0.3, -0.25) is 0 Å². The van der Waals surface area contributed by atoms with Gasteiger partial charge in [-0.1, -0.05) is 153 Å². The normalized spacial score (nSPS) is 27.9. The summed E-state index contributed by atoms with van der Waals surface area (Å²) in [6.07, 6.45) is 20.7. The van der Waals surface area contributed by atoms with E-state index in [9.17, 15) is 10.2 Å². The highest BCUT2D eigenvalue weighted by atomic mass is 28.4. The van der Waals surface area contributed by atoms with Gasteiger partial charge in [0.15, 0.2) is 16.6 Å². The van der Waals surface area contributed by atoms with Crippen LogP contribution >= 0.6 is 0 Å². The van der Waals surface area contributed by atoms with Crippen LogP contribution in [0.4, 0.5) is 0 Å². The minimum Gasteiger partial charge on any atom is -0.413 e. The maximum Gasteiger partial charge on any atom is 0.192 e. The molecular weight excluding hydrogens is 721 g/mol. The quantitative estimate of drug-likeness (QED) is 0.116. The molecule has 0 unspecified atom stereocenters. The van der Waals surface area contributed by atoms with E-state index in [1.165, 1.54) is 11.1 Å². The van der Waals surface area contributed by atoms with Gasteiger partial charge in [0.2, 0.25) is 0 Å². The van der Waals surface area contributed by atoms with Gasteiger partial charge in [-0.25, -0.2) is 0 Å². The summed E-state index contributed by atoms with van der Waals surface area (Å²) >= 11 is 0. The molecule has 0 aromatic heterocycles. The molecule has 10 atom stereocenters. The third-order valence-corrected chi connectivity index (χ3v) is 23.1. The van der Waals surface area contributed by atoms with E-state index in [-0.39, 0.29) is 46.1 Å². The van der Waals surface area contributed by atoms with Crippen molar-refractivity contribution in [3.63, 3.8) is 0 Å². The Kier molecular flexibility index (Phi) is 16.9. The molecule has 6 heteroatoms. The zero-order chi connectivity index (χ0) is 41.3. The lowest BCUT2D eigenvalue weighted by Gasteiger charge is -2.40. The van der Waals surface area contributed by atoms with Crippen LogP contribution in [-0.2, 0) is 21.7 Å². The number of hydrogen-bond donors (Lipinski definition) is 2. The standard InChI is InChI=1S/C50H80O4Si2/c1-37(27-29-39-21-15-13-16-22-39)28-33-45-44(47(52)36-48(45)54-56(11,12)50(6,7)8)26-20-19-25-43-42(38(2)35-46(43)51)34-32-41(53-55(9,10)49(3,4)5)31-30-40-23-17-14-18-24-40/h13-24,28,32-34,37-38,41-48,51-52H,25-27,29-31,35-36H2,1-12H3/b20-19+,33-28+,34-32+/t37-,38-,41-,42+,43-,44-,45-,46+,47+,48-/m0/s1. The van der Waals surface area contributed by atoms with Gasteiger partial charge in [0.25, 0.3) is 0 Å². The van der Waals surface area contributed by atoms with Gasteiger partial charge in [-0.15, -0.1) is 0 Å². The SMILES string of the molecule is C[C@H](/C=C/[C@H]1[C@H](C/C=C/C[C@H]2[C@H](/C=C/[C@H](CCc3ccccc3)O[Si](C)(C)C(C)(C)C)[C@@H](C)C[C@H]2O)[C@H](O)C[C@@H]1O[Si](C)(C)C(C)(C)C)CCc1ccccc1. The monoisotopic (exact) mass is 801 g/mol. The molecule has 4 rings (SSSR count). The van der Waals surface area contributed by atoms with Gasteiger partial charge in [0, 0.05) is 5.92 Å². The molecule has 0 amide bonds. The van der Waals surface area contributed by atoms with Gasteiger partial charge in [-0.2, -0.15) is 0 Å². The molecule has 2 aromatic carbocycles. The molecule has 0 heterocycles. The van der Waals surface area contributed by atoms with Gasteiger partial charge < -0.3 is 19.1 Å². The molecule has 2 aromatic rings. The summed E-state index contributed by atoms with van der Waals surface area (Å²) in [6.45, 7) is 27.8. The van der Waals surface area contributed by atoms with Gasteiger partial charge in [0.1, 0.15) is 0 Å². The molecule has 0 bridgehead atoms. The topological polar surface area (TPSA) is 58.9 Å². The molecule has 0 spiro atoms. The molecule has 4 nitrogen and oxygen atoms in total. The lowest BCUT2D eigenvalue weighted by Crippen LogP contribution is -2.45. The average molecular weight is 801 g/mol. The summed E-state index contributed by atoms with van der Waals surface area (Å²) in [4.78, 5) is 0. The highest BCUT2D eigenvalue weighted by Gasteiger charge is 2.47. The Morgan fingerprint density at radius 1 is 0.679 bits per heavy atom. The van der Waals surface area contributed by atoms with Crippen molar-refractivity contribution in [3.8, 4) is 0 Å². The molecule has 2 aliphatic carbocycles. The Bertz CT molecular complexity index is 1540. The Hall–Kier alpha value is -2.07. The van der Waals surface area contributed by atoms with E-state index in [1.54, 1.807) is 0 Å². The Labute approximate surface area is 345 Å². The van der Waals surface area contributed by atoms with Crippen LogP contribution in [0, 0.1) is 35.5 Å². The highest BCUT2D eigenvalue weighted by Crippen LogP contribution is 2.45. The lowest BCUT2D eigenvalue weighted by atomic mass is 9.86. The molecule has 0 aliphatic heterocycles. The van der Waals surface area contributed by atoms with Crippen LogP contribution in [0.1, 0.15) is 105 Å². The summed E-state index contributed by atoms with van der Waals surface area (Å²) in [7, 11) is -4.01. The van der Waals surface area contributed by atoms with Crippen LogP contribution in [0.3, 0.4) is 0 Å². The molecule has 2 N–H and O–H groups in total. The zero-order valence-corrected chi connectivity index (χ0v) is 39.4. The predicted molar refractivity (Wildman–Crippen MR) is 244 cm³/mol. The van der Waals surface area contributed by atoms with Crippen LogP contribution < -0.4 is 0 Å². The molecule has 2 saturated carbocycles. The van der Waals surface area contributed by atoms with Gasteiger partial charge in [-0.05, 0) is 128 Å². The first kappa shape index (κ1) is 46.6. The number of aliphatic hydroxyl groups excluding tert-OH is 2. The van der Waals surface area contributed by atoms with Crippen LogP contribution in [0.15, 0.2) is 97.1 Å². The molecule has 56 heavy (non-hydrogen) atoms. The maximum atomic E-state index is 11.6. The van der Waals surface area contributed by atoms with E-state index in [0.29, 0.717) is 24.2 Å². The van der Waals surface area contributed by atoms with Crippen LogP contribution in [-0.4, -0.2) is 51.3 Å². The summed E-state index contributed by atoms with van der Waals surface area (Å²) < 4.78 is 14.1. The summed E-state index contributed by atoms with van der Waals surface area (Å²) in [5.41, 5.74) is 2.73. The Morgan fingerprint density at radius 2 is 1.16 bits per heavy atom. The number of rotatable bonds is 18. The Balaban J connectivity index is 1.46.